The highest BCUT2D eigenvalue weighted by Crippen LogP contribution is 1.99. The first-order chi connectivity index (χ1) is 3.93. The Labute approximate surface area is 55.4 Å². The zero-order valence-corrected chi connectivity index (χ0v) is 4.76. The molecule has 0 fully saturated rings. The van der Waals surface area contributed by atoms with Gasteiger partial charge in [0.25, 0.3) is 0 Å². The standard InChI is InChI=1S/C6H8O2.CH4/c1-7-4-6-2-3-8-5-6;/h2-3,5H,4H2,1H3;1H4. The van der Waals surface area contributed by atoms with E-state index in [1.54, 1.807) is 19.6 Å². The average Bonchev–Trinajstić information content (AvgIpc) is 2.19. The molecule has 2 heteroatoms. The lowest BCUT2D eigenvalue weighted by Crippen LogP contribution is -1.80. The smallest absolute Gasteiger partial charge is 0.0957 e. The number of furan rings is 1. The fraction of sp³-hybridized carbons (Fsp3) is 0.429. The maximum absolute atomic E-state index is 4.83. The van der Waals surface area contributed by atoms with Crippen LogP contribution in [0.4, 0.5) is 0 Å². The van der Waals surface area contributed by atoms with Gasteiger partial charge in [0.05, 0.1) is 19.1 Å². The van der Waals surface area contributed by atoms with Crippen molar-refractivity contribution in [3.8, 4) is 0 Å². The Balaban J connectivity index is 0.000000640. The zero-order valence-electron chi connectivity index (χ0n) is 4.76. The van der Waals surface area contributed by atoms with Crippen molar-refractivity contribution in [1.82, 2.24) is 0 Å². The molecule has 0 unspecified atom stereocenters. The molecule has 1 aromatic rings. The third-order valence-corrected chi connectivity index (χ3v) is 0.891. The summed E-state index contributed by atoms with van der Waals surface area (Å²) in [6.07, 6.45) is 3.30. The van der Waals surface area contributed by atoms with E-state index in [1.807, 2.05) is 6.07 Å². The molecule has 0 aromatic carbocycles. The lowest BCUT2D eigenvalue weighted by Gasteiger charge is -1.88. The van der Waals surface area contributed by atoms with E-state index in [1.165, 1.54) is 0 Å². The molecule has 0 N–H and O–H groups in total. The minimum absolute atomic E-state index is 0. The van der Waals surface area contributed by atoms with Gasteiger partial charge >= 0.3 is 0 Å². The summed E-state index contributed by atoms with van der Waals surface area (Å²) < 4.78 is 9.61. The van der Waals surface area contributed by atoms with Crippen molar-refractivity contribution < 1.29 is 9.15 Å². The normalized spacial score (nSPS) is 8.56. The summed E-state index contributed by atoms with van der Waals surface area (Å²) in [7, 11) is 1.66. The average molecular weight is 128 g/mol. The number of ether oxygens (including phenoxy) is 1. The molecule has 0 atom stereocenters. The molecule has 0 aliphatic carbocycles. The van der Waals surface area contributed by atoms with Crippen molar-refractivity contribution in [2.24, 2.45) is 0 Å². The van der Waals surface area contributed by atoms with Crippen LogP contribution >= 0.6 is 0 Å². The quantitative estimate of drug-likeness (QED) is 0.608. The minimum atomic E-state index is 0. The second kappa shape index (κ2) is 4.15. The van der Waals surface area contributed by atoms with Gasteiger partial charge in [-0.1, -0.05) is 7.43 Å². The molecule has 0 radical (unpaired) electrons. The van der Waals surface area contributed by atoms with Gasteiger partial charge in [-0.3, -0.25) is 0 Å². The first-order valence-electron chi connectivity index (χ1n) is 2.43. The molecule has 0 aliphatic rings. The predicted octanol–water partition coefficient (Wildman–Crippen LogP) is 2.06. The van der Waals surface area contributed by atoms with Crippen molar-refractivity contribution in [3.63, 3.8) is 0 Å². The summed E-state index contributed by atoms with van der Waals surface area (Å²) in [4.78, 5) is 0. The lowest BCUT2D eigenvalue weighted by atomic mass is 10.4. The van der Waals surface area contributed by atoms with Crippen molar-refractivity contribution in [2.75, 3.05) is 7.11 Å². The van der Waals surface area contributed by atoms with Gasteiger partial charge in [-0.15, -0.1) is 0 Å². The van der Waals surface area contributed by atoms with E-state index in [2.05, 4.69) is 0 Å². The van der Waals surface area contributed by atoms with E-state index in [-0.39, 0.29) is 7.43 Å². The largest absolute Gasteiger partial charge is 0.472 e. The maximum atomic E-state index is 4.83. The Morgan fingerprint density at radius 1 is 1.67 bits per heavy atom. The summed E-state index contributed by atoms with van der Waals surface area (Å²) in [5.41, 5.74) is 1.08. The second-order valence-corrected chi connectivity index (χ2v) is 1.56. The van der Waals surface area contributed by atoms with Crippen molar-refractivity contribution in [1.29, 1.82) is 0 Å². The molecule has 9 heavy (non-hydrogen) atoms. The summed E-state index contributed by atoms with van der Waals surface area (Å²) in [5.74, 6) is 0. The van der Waals surface area contributed by atoms with Gasteiger partial charge in [0.1, 0.15) is 0 Å². The van der Waals surface area contributed by atoms with E-state index >= 15 is 0 Å². The molecule has 52 valence electrons. The van der Waals surface area contributed by atoms with Crippen LogP contribution in [0.25, 0.3) is 0 Å². The van der Waals surface area contributed by atoms with Crippen LogP contribution in [0.5, 0.6) is 0 Å². The molecule has 0 amide bonds. The Hall–Kier alpha value is -0.760. The van der Waals surface area contributed by atoms with Crippen LogP contribution in [-0.4, -0.2) is 7.11 Å². The van der Waals surface area contributed by atoms with Gasteiger partial charge in [-0.05, 0) is 6.07 Å². The Kier molecular flexibility index (Phi) is 3.80. The highest BCUT2D eigenvalue weighted by atomic mass is 16.5. The van der Waals surface area contributed by atoms with Crippen molar-refractivity contribution in [3.05, 3.63) is 24.2 Å². The van der Waals surface area contributed by atoms with Crippen LogP contribution in [0.1, 0.15) is 13.0 Å². The number of rotatable bonds is 2. The van der Waals surface area contributed by atoms with Crippen molar-refractivity contribution in [2.45, 2.75) is 14.0 Å². The highest BCUT2D eigenvalue weighted by molar-refractivity contribution is 5.02. The lowest BCUT2D eigenvalue weighted by molar-refractivity contribution is 0.184. The molecule has 2 nitrogen and oxygen atoms in total. The van der Waals surface area contributed by atoms with E-state index in [0.717, 1.165) is 5.56 Å². The van der Waals surface area contributed by atoms with Crippen LogP contribution in [0.2, 0.25) is 0 Å². The van der Waals surface area contributed by atoms with Crippen molar-refractivity contribution >= 4 is 0 Å². The Bertz CT molecular complexity index is 133. The van der Waals surface area contributed by atoms with Crippen LogP contribution in [-0.2, 0) is 11.3 Å². The van der Waals surface area contributed by atoms with E-state index in [0.29, 0.717) is 6.61 Å². The predicted molar refractivity (Wildman–Crippen MR) is 36.2 cm³/mol. The van der Waals surface area contributed by atoms with Crippen LogP contribution < -0.4 is 0 Å². The van der Waals surface area contributed by atoms with Crippen LogP contribution in [0.3, 0.4) is 0 Å². The van der Waals surface area contributed by atoms with E-state index < -0.39 is 0 Å². The molecule has 1 heterocycles. The molecule has 0 spiro atoms. The molecular weight excluding hydrogens is 116 g/mol. The van der Waals surface area contributed by atoms with Crippen LogP contribution in [0.15, 0.2) is 23.0 Å². The number of hydrogen-bond donors (Lipinski definition) is 0. The summed E-state index contributed by atoms with van der Waals surface area (Å²) in [6, 6.07) is 1.88. The molecule has 1 rings (SSSR count). The third kappa shape index (κ3) is 2.33. The molecule has 0 aliphatic heterocycles. The first-order valence-corrected chi connectivity index (χ1v) is 2.43. The molecule has 0 saturated heterocycles. The fourth-order valence-electron chi connectivity index (χ4n) is 0.541. The summed E-state index contributed by atoms with van der Waals surface area (Å²) >= 11 is 0. The minimum Gasteiger partial charge on any atom is -0.472 e. The van der Waals surface area contributed by atoms with Crippen LogP contribution in [0, 0.1) is 0 Å². The Morgan fingerprint density at radius 2 is 2.44 bits per heavy atom. The van der Waals surface area contributed by atoms with Gasteiger partial charge in [-0.25, -0.2) is 0 Å². The first kappa shape index (κ1) is 8.24. The van der Waals surface area contributed by atoms with E-state index in [4.69, 9.17) is 9.15 Å². The second-order valence-electron chi connectivity index (χ2n) is 1.56. The fourth-order valence-corrected chi connectivity index (χ4v) is 0.541. The summed E-state index contributed by atoms with van der Waals surface area (Å²) in [6.45, 7) is 0.635. The Morgan fingerprint density at radius 3 is 2.89 bits per heavy atom. The number of hydrogen-bond acceptors (Lipinski definition) is 2. The van der Waals surface area contributed by atoms with Gasteiger partial charge < -0.3 is 9.15 Å². The van der Waals surface area contributed by atoms with Gasteiger partial charge in [-0.2, -0.15) is 0 Å². The molecular formula is C7H12O2. The van der Waals surface area contributed by atoms with E-state index in [9.17, 15) is 0 Å². The van der Waals surface area contributed by atoms with Gasteiger partial charge in [0, 0.05) is 12.7 Å². The molecule has 0 saturated carbocycles. The highest BCUT2D eigenvalue weighted by Gasteiger charge is 1.88. The molecule has 0 bridgehead atoms. The molecule has 1 aromatic heterocycles. The summed E-state index contributed by atoms with van der Waals surface area (Å²) in [5, 5.41) is 0. The van der Waals surface area contributed by atoms with Gasteiger partial charge in [0.2, 0.25) is 0 Å². The maximum Gasteiger partial charge on any atom is 0.0957 e. The monoisotopic (exact) mass is 128 g/mol. The van der Waals surface area contributed by atoms with Gasteiger partial charge in [0.15, 0.2) is 0 Å². The SMILES string of the molecule is C.COCc1ccoc1. The topological polar surface area (TPSA) is 22.4 Å². The third-order valence-electron chi connectivity index (χ3n) is 0.891. The zero-order chi connectivity index (χ0) is 5.82. The number of methoxy groups -OCH3 is 1.